The van der Waals surface area contributed by atoms with E-state index in [4.69, 9.17) is 9.15 Å². The summed E-state index contributed by atoms with van der Waals surface area (Å²) < 4.78 is 37.2. The number of benzene rings is 1. The third-order valence-corrected chi connectivity index (χ3v) is 2.86. The van der Waals surface area contributed by atoms with Crippen molar-refractivity contribution >= 4 is 0 Å². The highest BCUT2D eigenvalue weighted by molar-refractivity contribution is 5.25. The smallest absolute Gasteiger partial charge is 0.200 e. The molecule has 0 saturated heterocycles. The number of nitrogens with one attached hydrogen (secondary N) is 1. The molecule has 5 heteroatoms. The van der Waals surface area contributed by atoms with Crippen molar-refractivity contribution in [2.24, 2.45) is 5.92 Å². The summed E-state index contributed by atoms with van der Waals surface area (Å²) in [6.45, 7) is 5.85. The number of hydrogen-bond acceptors (Lipinski definition) is 3. The summed E-state index contributed by atoms with van der Waals surface area (Å²) in [4.78, 5) is 0. The second-order valence-corrected chi connectivity index (χ2v) is 5.23. The number of furan rings is 1. The van der Waals surface area contributed by atoms with Gasteiger partial charge >= 0.3 is 0 Å². The van der Waals surface area contributed by atoms with Crippen LogP contribution in [0.4, 0.5) is 8.78 Å². The Morgan fingerprint density at radius 1 is 1.14 bits per heavy atom. The van der Waals surface area contributed by atoms with Crippen LogP contribution < -0.4 is 10.1 Å². The molecule has 3 nitrogen and oxygen atoms in total. The molecule has 2 aromatic rings. The van der Waals surface area contributed by atoms with E-state index in [1.54, 1.807) is 6.07 Å². The summed E-state index contributed by atoms with van der Waals surface area (Å²) in [5.74, 6) is -0.105. The maximum atomic E-state index is 13.4. The molecule has 1 aromatic heterocycles. The van der Waals surface area contributed by atoms with Crippen LogP contribution in [0.5, 0.6) is 5.75 Å². The molecule has 1 heterocycles. The minimum absolute atomic E-state index is 0.0601. The molecule has 0 amide bonds. The first kappa shape index (κ1) is 15.5. The molecule has 0 aliphatic carbocycles. The van der Waals surface area contributed by atoms with Gasteiger partial charge in [0.2, 0.25) is 5.82 Å². The molecule has 1 aromatic carbocycles. The Morgan fingerprint density at radius 3 is 2.67 bits per heavy atom. The molecule has 0 atom stereocenters. The Kier molecular flexibility index (Phi) is 5.33. The van der Waals surface area contributed by atoms with Crippen LogP contribution in [0, 0.1) is 17.6 Å². The largest absolute Gasteiger partial charge is 0.482 e. The highest BCUT2D eigenvalue weighted by Gasteiger charge is 2.10. The molecule has 21 heavy (non-hydrogen) atoms. The number of rotatable bonds is 7. The molecule has 0 fully saturated rings. The van der Waals surface area contributed by atoms with Crippen LogP contribution in [0.3, 0.4) is 0 Å². The Morgan fingerprint density at radius 2 is 1.90 bits per heavy atom. The average molecular weight is 295 g/mol. The summed E-state index contributed by atoms with van der Waals surface area (Å²) >= 11 is 0. The van der Waals surface area contributed by atoms with Crippen molar-refractivity contribution in [3.05, 3.63) is 53.5 Å². The van der Waals surface area contributed by atoms with E-state index in [2.05, 4.69) is 19.2 Å². The van der Waals surface area contributed by atoms with Gasteiger partial charge in [0, 0.05) is 0 Å². The zero-order valence-electron chi connectivity index (χ0n) is 12.2. The Bertz CT molecular complexity index is 581. The molecule has 0 saturated carbocycles. The Labute approximate surface area is 122 Å². The normalized spacial score (nSPS) is 11.1. The summed E-state index contributed by atoms with van der Waals surface area (Å²) in [6.07, 6.45) is 0. The molecular weight excluding hydrogens is 276 g/mol. The third kappa shape index (κ3) is 4.56. The predicted octanol–water partition coefficient (Wildman–Crippen LogP) is 3.88. The lowest BCUT2D eigenvalue weighted by Gasteiger charge is -2.06. The fraction of sp³-hybridized carbons (Fsp3) is 0.375. The zero-order chi connectivity index (χ0) is 15.2. The van der Waals surface area contributed by atoms with Gasteiger partial charge in [-0.05, 0) is 36.7 Å². The summed E-state index contributed by atoms with van der Waals surface area (Å²) in [7, 11) is 0. The SMILES string of the molecule is CC(C)CNCc1ccc(COc2cccc(F)c2F)o1. The lowest BCUT2D eigenvalue weighted by molar-refractivity contribution is 0.250. The first-order chi connectivity index (χ1) is 10.1. The van der Waals surface area contributed by atoms with Crippen molar-refractivity contribution in [1.29, 1.82) is 0 Å². The lowest BCUT2D eigenvalue weighted by Crippen LogP contribution is -2.18. The fourth-order valence-electron chi connectivity index (χ4n) is 1.82. The first-order valence-electron chi connectivity index (χ1n) is 6.91. The van der Waals surface area contributed by atoms with Crippen molar-refractivity contribution in [1.82, 2.24) is 5.32 Å². The second kappa shape index (κ2) is 7.22. The van der Waals surface area contributed by atoms with Crippen LogP contribution in [-0.2, 0) is 13.2 Å². The van der Waals surface area contributed by atoms with E-state index in [0.29, 0.717) is 18.2 Å². The van der Waals surface area contributed by atoms with Crippen molar-refractivity contribution in [3.63, 3.8) is 0 Å². The monoisotopic (exact) mass is 295 g/mol. The van der Waals surface area contributed by atoms with Crippen LogP contribution in [0.2, 0.25) is 0 Å². The maximum Gasteiger partial charge on any atom is 0.200 e. The minimum atomic E-state index is -0.983. The van der Waals surface area contributed by atoms with Crippen molar-refractivity contribution in [2.75, 3.05) is 6.54 Å². The van der Waals surface area contributed by atoms with Gasteiger partial charge < -0.3 is 14.5 Å². The molecule has 0 unspecified atom stereocenters. The summed E-state index contributed by atoms with van der Waals surface area (Å²) in [6, 6.07) is 7.44. The van der Waals surface area contributed by atoms with Gasteiger partial charge in [-0.1, -0.05) is 19.9 Å². The van der Waals surface area contributed by atoms with Gasteiger partial charge in [-0.3, -0.25) is 0 Å². The number of hydrogen-bond donors (Lipinski definition) is 1. The number of ether oxygens (including phenoxy) is 1. The highest BCUT2D eigenvalue weighted by atomic mass is 19.2. The van der Waals surface area contributed by atoms with E-state index in [1.165, 1.54) is 12.1 Å². The molecule has 0 aliphatic rings. The molecule has 114 valence electrons. The maximum absolute atomic E-state index is 13.4. The van der Waals surface area contributed by atoms with Crippen LogP contribution in [0.1, 0.15) is 25.4 Å². The Balaban J connectivity index is 1.86. The van der Waals surface area contributed by atoms with Crippen LogP contribution >= 0.6 is 0 Å². The standard InChI is InChI=1S/C16H19F2NO2/c1-11(2)8-19-9-12-6-7-13(21-12)10-20-15-5-3-4-14(17)16(15)18/h3-7,11,19H,8-10H2,1-2H3. The van der Waals surface area contributed by atoms with E-state index in [0.717, 1.165) is 18.4 Å². The van der Waals surface area contributed by atoms with E-state index in [1.807, 2.05) is 6.07 Å². The minimum Gasteiger partial charge on any atom is -0.482 e. The molecule has 0 radical (unpaired) electrons. The van der Waals surface area contributed by atoms with E-state index < -0.39 is 11.6 Å². The summed E-state index contributed by atoms with van der Waals surface area (Å²) in [5.41, 5.74) is 0. The van der Waals surface area contributed by atoms with Crippen LogP contribution in [0.25, 0.3) is 0 Å². The van der Waals surface area contributed by atoms with Gasteiger partial charge in [0.15, 0.2) is 11.6 Å². The molecule has 0 spiro atoms. The first-order valence-corrected chi connectivity index (χ1v) is 6.91. The topological polar surface area (TPSA) is 34.4 Å². The second-order valence-electron chi connectivity index (χ2n) is 5.23. The predicted molar refractivity (Wildman–Crippen MR) is 75.9 cm³/mol. The zero-order valence-corrected chi connectivity index (χ0v) is 12.2. The fourth-order valence-corrected chi connectivity index (χ4v) is 1.82. The molecule has 2 rings (SSSR count). The van der Waals surface area contributed by atoms with Gasteiger partial charge in [-0.2, -0.15) is 4.39 Å². The van der Waals surface area contributed by atoms with Crippen LogP contribution in [-0.4, -0.2) is 6.54 Å². The van der Waals surface area contributed by atoms with Gasteiger partial charge in [0.1, 0.15) is 18.1 Å². The van der Waals surface area contributed by atoms with E-state index in [9.17, 15) is 8.78 Å². The molecule has 0 bridgehead atoms. The molecular formula is C16H19F2NO2. The highest BCUT2D eigenvalue weighted by Crippen LogP contribution is 2.20. The van der Waals surface area contributed by atoms with Crippen LogP contribution in [0.15, 0.2) is 34.7 Å². The van der Waals surface area contributed by atoms with Gasteiger partial charge in [0.25, 0.3) is 0 Å². The Hall–Kier alpha value is -1.88. The lowest BCUT2D eigenvalue weighted by atomic mass is 10.2. The third-order valence-electron chi connectivity index (χ3n) is 2.86. The average Bonchev–Trinajstić information content (AvgIpc) is 2.88. The molecule has 0 aliphatic heterocycles. The van der Waals surface area contributed by atoms with Gasteiger partial charge in [0.05, 0.1) is 6.54 Å². The molecule has 1 N–H and O–H groups in total. The van der Waals surface area contributed by atoms with E-state index >= 15 is 0 Å². The van der Waals surface area contributed by atoms with Crippen molar-refractivity contribution in [2.45, 2.75) is 27.0 Å². The number of halogens is 2. The van der Waals surface area contributed by atoms with Crippen molar-refractivity contribution in [3.8, 4) is 5.75 Å². The van der Waals surface area contributed by atoms with E-state index in [-0.39, 0.29) is 12.4 Å². The van der Waals surface area contributed by atoms with Crippen molar-refractivity contribution < 1.29 is 17.9 Å². The summed E-state index contributed by atoms with van der Waals surface area (Å²) in [5, 5.41) is 3.26. The van der Waals surface area contributed by atoms with Gasteiger partial charge in [-0.25, -0.2) is 4.39 Å². The quantitative estimate of drug-likeness (QED) is 0.841. The van der Waals surface area contributed by atoms with Gasteiger partial charge in [-0.15, -0.1) is 0 Å².